The third-order valence-electron chi connectivity index (χ3n) is 5.75. The van der Waals surface area contributed by atoms with Gasteiger partial charge in [0.25, 0.3) is 0 Å². The van der Waals surface area contributed by atoms with Gasteiger partial charge < -0.3 is 14.8 Å². The average Bonchev–Trinajstić information content (AvgIpc) is 3.19. The van der Waals surface area contributed by atoms with Gasteiger partial charge in [0, 0.05) is 30.2 Å². The van der Waals surface area contributed by atoms with Gasteiger partial charge in [-0.2, -0.15) is 0 Å². The molecule has 29 heavy (non-hydrogen) atoms. The topological polar surface area (TPSA) is 33.1 Å². The molecule has 1 aliphatic rings. The van der Waals surface area contributed by atoms with E-state index in [1.54, 1.807) is 0 Å². The largest absolute Gasteiger partial charge is 0.352 e. The zero-order chi connectivity index (χ0) is 20.5. The van der Waals surface area contributed by atoms with Crippen molar-refractivity contribution in [2.75, 3.05) is 0 Å². The third kappa shape index (κ3) is 3.67. The Morgan fingerprint density at radius 2 is 1.79 bits per heavy atom. The summed E-state index contributed by atoms with van der Waals surface area (Å²) < 4.78 is 2.41. The summed E-state index contributed by atoms with van der Waals surface area (Å²) in [4.78, 5) is 6.97. The van der Waals surface area contributed by atoms with E-state index in [0.29, 0.717) is 6.04 Å². The molecule has 0 saturated carbocycles. The maximum atomic E-state index is 5.81. The number of rotatable bonds is 5. The Hall–Kier alpha value is -2.66. The number of thiocarbonyl (C=S) groups is 1. The van der Waals surface area contributed by atoms with Gasteiger partial charge in [0.15, 0.2) is 5.11 Å². The minimum absolute atomic E-state index is 0.0218. The molecule has 4 nitrogen and oxygen atoms in total. The lowest BCUT2D eigenvalue weighted by Gasteiger charge is -2.28. The summed E-state index contributed by atoms with van der Waals surface area (Å²) in [5.41, 5.74) is 6.17. The number of nitrogens with zero attached hydrogens (tertiary/aromatic N) is 3. The first-order chi connectivity index (χ1) is 14.0. The molecule has 2 aromatic heterocycles. The molecule has 1 saturated heterocycles. The Bertz CT molecular complexity index is 994. The van der Waals surface area contributed by atoms with E-state index in [9.17, 15) is 0 Å². The van der Waals surface area contributed by atoms with Crippen LogP contribution in [0.25, 0.3) is 0 Å². The maximum Gasteiger partial charge on any atom is 0.170 e. The molecule has 1 aliphatic heterocycles. The smallest absolute Gasteiger partial charge is 0.170 e. The minimum Gasteiger partial charge on any atom is -0.352 e. The van der Waals surface area contributed by atoms with Gasteiger partial charge in [-0.15, -0.1) is 0 Å². The van der Waals surface area contributed by atoms with Crippen molar-refractivity contribution in [2.45, 2.75) is 52.4 Å². The summed E-state index contributed by atoms with van der Waals surface area (Å²) in [7, 11) is 0. The summed E-state index contributed by atoms with van der Waals surface area (Å²) >= 11 is 5.81. The highest BCUT2D eigenvalue weighted by molar-refractivity contribution is 7.80. The molecule has 0 amide bonds. The Morgan fingerprint density at radius 1 is 1.07 bits per heavy atom. The third-order valence-corrected chi connectivity index (χ3v) is 6.10. The monoisotopic (exact) mass is 404 g/mol. The first-order valence-electron chi connectivity index (χ1n) is 10.2. The fourth-order valence-electron chi connectivity index (χ4n) is 4.59. The van der Waals surface area contributed by atoms with E-state index in [1.165, 1.54) is 22.5 Å². The minimum atomic E-state index is 0.0218. The van der Waals surface area contributed by atoms with Crippen LogP contribution in [0.15, 0.2) is 60.8 Å². The molecule has 1 aromatic carbocycles. The molecule has 0 aliphatic carbocycles. The van der Waals surface area contributed by atoms with Crippen LogP contribution in [0, 0.1) is 13.8 Å². The van der Waals surface area contributed by atoms with E-state index in [1.807, 2.05) is 18.3 Å². The van der Waals surface area contributed by atoms with E-state index in [-0.39, 0.29) is 12.1 Å². The molecule has 4 rings (SSSR count). The zero-order valence-corrected chi connectivity index (χ0v) is 18.3. The maximum absolute atomic E-state index is 5.81. The molecule has 1 fully saturated rings. The van der Waals surface area contributed by atoms with Gasteiger partial charge in [0.2, 0.25) is 0 Å². The van der Waals surface area contributed by atoms with Gasteiger partial charge in [0.1, 0.15) is 0 Å². The van der Waals surface area contributed by atoms with E-state index in [4.69, 9.17) is 12.2 Å². The summed E-state index contributed by atoms with van der Waals surface area (Å²) in [5.74, 6) is 0. The van der Waals surface area contributed by atoms with Crippen molar-refractivity contribution in [1.29, 1.82) is 0 Å². The van der Waals surface area contributed by atoms with Gasteiger partial charge in [-0.1, -0.05) is 36.4 Å². The first kappa shape index (κ1) is 19.6. The number of nitrogens with one attached hydrogen (secondary N) is 1. The van der Waals surface area contributed by atoms with Crippen LogP contribution in [0.3, 0.4) is 0 Å². The Balaban J connectivity index is 1.81. The van der Waals surface area contributed by atoms with Gasteiger partial charge in [-0.25, -0.2) is 0 Å². The second kappa shape index (κ2) is 7.99. The zero-order valence-electron chi connectivity index (χ0n) is 17.5. The van der Waals surface area contributed by atoms with Crippen molar-refractivity contribution in [3.63, 3.8) is 0 Å². The highest BCUT2D eigenvalue weighted by Crippen LogP contribution is 2.42. The van der Waals surface area contributed by atoms with Crippen molar-refractivity contribution in [2.24, 2.45) is 0 Å². The first-order valence-corrected chi connectivity index (χ1v) is 10.6. The fourth-order valence-corrected chi connectivity index (χ4v) is 4.90. The lowest BCUT2D eigenvalue weighted by atomic mass is 9.96. The lowest BCUT2D eigenvalue weighted by Crippen LogP contribution is -2.29. The molecule has 0 radical (unpaired) electrons. The van der Waals surface area contributed by atoms with Crippen LogP contribution in [0.1, 0.15) is 60.2 Å². The molecule has 2 atom stereocenters. The quantitative estimate of drug-likeness (QED) is 0.589. The number of benzene rings is 1. The standard InChI is InChI=1S/C24H28N4S/c1-16(2)28-17(3)14-20(18(28)4)23-22(21-12-8-9-13-25-21)26-24(29)27(23)15-19-10-6-5-7-11-19/h5-14,16,22-23H,15H2,1-4H3,(H,26,29)/t22-,23-/m0/s1. The van der Waals surface area contributed by atoms with Gasteiger partial charge in [-0.05, 0) is 69.2 Å². The van der Waals surface area contributed by atoms with Crippen LogP contribution < -0.4 is 5.32 Å². The molecule has 0 bridgehead atoms. The van der Waals surface area contributed by atoms with Gasteiger partial charge in [0.05, 0.1) is 17.8 Å². The average molecular weight is 405 g/mol. The van der Waals surface area contributed by atoms with Crippen molar-refractivity contribution >= 4 is 17.3 Å². The Kier molecular flexibility index (Phi) is 5.41. The summed E-state index contributed by atoms with van der Waals surface area (Å²) in [6.07, 6.45) is 1.86. The second-order valence-corrected chi connectivity index (χ2v) is 8.42. The summed E-state index contributed by atoms with van der Waals surface area (Å²) in [6, 6.07) is 19.5. The van der Waals surface area contributed by atoms with Crippen molar-refractivity contribution in [1.82, 2.24) is 19.8 Å². The Labute approximate surface area is 178 Å². The summed E-state index contributed by atoms with van der Waals surface area (Å²) in [6.45, 7) is 9.65. The Morgan fingerprint density at radius 3 is 2.41 bits per heavy atom. The van der Waals surface area contributed by atoms with E-state index >= 15 is 0 Å². The molecular formula is C24H28N4S. The molecule has 5 heteroatoms. The van der Waals surface area contributed by atoms with Crippen LogP contribution in [0.2, 0.25) is 0 Å². The van der Waals surface area contributed by atoms with Gasteiger partial charge >= 0.3 is 0 Å². The molecule has 0 unspecified atom stereocenters. The van der Waals surface area contributed by atoms with E-state index in [0.717, 1.165) is 17.4 Å². The second-order valence-electron chi connectivity index (χ2n) is 8.03. The summed E-state index contributed by atoms with van der Waals surface area (Å²) in [5, 5.41) is 4.34. The highest BCUT2D eigenvalue weighted by atomic mass is 32.1. The number of hydrogen-bond donors (Lipinski definition) is 1. The SMILES string of the molecule is Cc1cc([C@H]2[C@H](c3ccccn3)NC(=S)N2Cc2ccccc2)c(C)n1C(C)C. The van der Waals surface area contributed by atoms with Crippen LogP contribution in [0.5, 0.6) is 0 Å². The van der Waals surface area contributed by atoms with Crippen LogP contribution in [-0.2, 0) is 6.54 Å². The molecule has 0 spiro atoms. The number of hydrogen-bond acceptors (Lipinski definition) is 2. The predicted octanol–water partition coefficient (Wildman–Crippen LogP) is 5.25. The number of aromatic nitrogens is 2. The molecular weight excluding hydrogens is 376 g/mol. The number of aryl methyl sites for hydroxylation is 1. The van der Waals surface area contributed by atoms with Crippen LogP contribution in [-0.4, -0.2) is 19.6 Å². The normalized spacial score (nSPS) is 19.1. The van der Waals surface area contributed by atoms with Crippen molar-refractivity contribution < 1.29 is 0 Å². The number of pyridine rings is 1. The molecule has 3 aromatic rings. The van der Waals surface area contributed by atoms with E-state index < -0.39 is 0 Å². The predicted molar refractivity (Wildman–Crippen MR) is 122 cm³/mol. The highest BCUT2D eigenvalue weighted by Gasteiger charge is 2.41. The van der Waals surface area contributed by atoms with E-state index in [2.05, 4.69) is 89.9 Å². The lowest BCUT2D eigenvalue weighted by molar-refractivity contribution is 0.309. The molecule has 3 heterocycles. The fraction of sp³-hybridized carbons (Fsp3) is 0.333. The van der Waals surface area contributed by atoms with Gasteiger partial charge in [-0.3, -0.25) is 4.98 Å². The van der Waals surface area contributed by atoms with Crippen molar-refractivity contribution in [3.8, 4) is 0 Å². The van der Waals surface area contributed by atoms with Crippen LogP contribution >= 0.6 is 12.2 Å². The molecule has 150 valence electrons. The molecule has 1 N–H and O–H groups in total. The van der Waals surface area contributed by atoms with Crippen LogP contribution in [0.4, 0.5) is 0 Å². The van der Waals surface area contributed by atoms with Crippen molar-refractivity contribution in [3.05, 3.63) is 89.0 Å².